The Balaban J connectivity index is 1.55. The van der Waals surface area contributed by atoms with Crippen LogP contribution in [0.2, 0.25) is 0 Å². The summed E-state index contributed by atoms with van der Waals surface area (Å²) < 4.78 is 41.1. The van der Waals surface area contributed by atoms with E-state index in [4.69, 9.17) is 18.3 Å². The minimum absolute atomic E-state index is 0.0703. The average molecular weight is 536 g/mol. The summed E-state index contributed by atoms with van der Waals surface area (Å²) in [5.74, 6) is 1.29. The molecule has 0 spiro atoms. The van der Waals surface area contributed by atoms with Gasteiger partial charge in [0.1, 0.15) is 11.4 Å². The third-order valence-corrected chi connectivity index (χ3v) is 8.05. The molecule has 2 atom stereocenters. The summed E-state index contributed by atoms with van der Waals surface area (Å²) >= 11 is 0. The van der Waals surface area contributed by atoms with Crippen molar-refractivity contribution in [2.45, 2.75) is 71.6 Å². The first kappa shape index (κ1) is 23.6. The number of aryl methyl sites for hydroxylation is 1. The molecule has 2 aliphatic rings. The Bertz CT molecular complexity index is 1470. The predicted octanol–water partition coefficient (Wildman–Crippen LogP) is 6.89. The maximum absolute atomic E-state index is 13.1. The number of likely N-dealkylation sites (tertiary alicyclic amines) is 1. The van der Waals surface area contributed by atoms with E-state index in [0.717, 1.165) is 41.8 Å². The molecule has 7 nitrogen and oxygen atoms in total. The molecule has 1 unspecified atom stereocenters. The number of esters is 1. The standard InChI is InChI=1S/C32H40N2O5/c1-20-17-28(37-5)26(25-14-16-34(29(20)25)31(36)39-32(2,3)4)19-33-15-13-24(21-7-8-21)18-27(33)22-9-11-23(12-10-22)30(35)38-6/h9-12,14,16-17,21,24,27H,7-8,13,15,18-19H2,1-6H3/t24?,27-/m0/s1/i5D3. The number of nitrogens with zero attached hydrogens (tertiary/aromatic N) is 2. The molecule has 3 aromatic rings. The number of hydrogen-bond donors (Lipinski definition) is 0. The highest BCUT2D eigenvalue weighted by Crippen LogP contribution is 2.47. The molecule has 39 heavy (non-hydrogen) atoms. The van der Waals surface area contributed by atoms with Crippen LogP contribution in [0.15, 0.2) is 42.6 Å². The van der Waals surface area contributed by atoms with Crippen LogP contribution in [0.25, 0.3) is 10.9 Å². The molecular weight excluding hydrogens is 492 g/mol. The van der Waals surface area contributed by atoms with Gasteiger partial charge >= 0.3 is 12.1 Å². The Kier molecular flexibility index (Phi) is 6.45. The average Bonchev–Trinajstić information content (AvgIpc) is 3.66. The summed E-state index contributed by atoms with van der Waals surface area (Å²) in [6.45, 7) is 8.56. The lowest BCUT2D eigenvalue weighted by atomic mass is 9.83. The van der Waals surface area contributed by atoms with E-state index in [1.165, 1.54) is 24.5 Å². The van der Waals surface area contributed by atoms with Gasteiger partial charge in [0.2, 0.25) is 0 Å². The Morgan fingerprint density at radius 1 is 1.08 bits per heavy atom. The number of aromatic nitrogens is 1. The highest BCUT2D eigenvalue weighted by Gasteiger charge is 2.38. The van der Waals surface area contributed by atoms with Gasteiger partial charge in [-0.05, 0) is 107 Å². The van der Waals surface area contributed by atoms with Gasteiger partial charge in [0.25, 0.3) is 0 Å². The summed E-state index contributed by atoms with van der Waals surface area (Å²) in [4.78, 5) is 27.5. The predicted molar refractivity (Wildman–Crippen MR) is 151 cm³/mol. The van der Waals surface area contributed by atoms with Crippen molar-refractivity contribution in [1.29, 1.82) is 0 Å². The minimum Gasteiger partial charge on any atom is -0.496 e. The SMILES string of the molecule is [2H]C([2H])([2H])Oc1cc(C)c2c(ccn2C(=O)OC(C)(C)C)c1CN1CCC(C2CC2)C[C@H]1c1ccc(C(=O)OC)cc1. The van der Waals surface area contributed by atoms with Gasteiger partial charge in [-0.3, -0.25) is 9.47 Å². The van der Waals surface area contributed by atoms with E-state index in [1.54, 1.807) is 24.4 Å². The monoisotopic (exact) mass is 535 g/mol. The smallest absolute Gasteiger partial charge is 0.419 e. The van der Waals surface area contributed by atoms with Gasteiger partial charge in [-0.1, -0.05) is 12.1 Å². The fourth-order valence-corrected chi connectivity index (χ4v) is 6.02. The first-order chi connectivity index (χ1) is 19.7. The van der Waals surface area contributed by atoms with Gasteiger partial charge < -0.3 is 14.2 Å². The quantitative estimate of drug-likeness (QED) is 0.320. The van der Waals surface area contributed by atoms with E-state index >= 15 is 0 Å². The van der Waals surface area contributed by atoms with Gasteiger partial charge in [-0.25, -0.2) is 9.59 Å². The maximum atomic E-state index is 13.1. The molecule has 1 aliphatic heterocycles. The van der Waals surface area contributed by atoms with E-state index in [1.807, 2.05) is 45.9 Å². The third-order valence-electron chi connectivity index (χ3n) is 8.05. The van der Waals surface area contributed by atoms with Crippen LogP contribution in [-0.4, -0.2) is 47.8 Å². The molecule has 1 aliphatic carbocycles. The van der Waals surface area contributed by atoms with Crippen molar-refractivity contribution in [1.82, 2.24) is 9.47 Å². The van der Waals surface area contributed by atoms with E-state index in [-0.39, 0.29) is 17.8 Å². The van der Waals surface area contributed by atoms with Gasteiger partial charge in [-0.2, -0.15) is 0 Å². The molecule has 1 saturated heterocycles. The highest BCUT2D eigenvalue weighted by molar-refractivity contribution is 5.95. The van der Waals surface area contributed by atoms with Gasteiger partial charge in [0.15, 0.2) is 0 Å². The minimum atomic E-state index is -2.63. The van der Waals surface area contributed by atoms with Crippen LogP contribution in [0, 0.1) is 18.8 Å². The number of fused-ring (bicyclic) bond motifs is 1. The number of hydrogen-bond acceptors (Lipinski definition) is 6. The van der Waals surface area contributed by atoms with Crippen LogP contribution in [0.3, 0.4) is 0 Å². The van der Waals surface area contributed by atoms with Crippen molar-refractivity contribution in [2.24, 2.45) is 11.8 Å². The maximum Gasteiger partial charge on any atom is 0.419 e. The summed E-state index contributed by atoms with van der Waals surface area (Å²) in [7, 11) is -1.26. The molecule has 0 amide bonds. The second kappa shape index (κ2) is 10.7. The van der Waals surface area contributed by atoms with Crippen LogP contribution < -0.4 is 4.74 Å². The topological polar surface area (TPSA) is 70.0 Å². The normalized spacial score (nSPS) is 21.6. The number of carbonyl (C=O) groups is 2. The Morgan fingerprint density at radius 2 is 1.82 bits per heavy atom. The summed E-state index contributed by atoms with van der Waals surface area (Å²) in [6, 6.07) is 11.2. The van der Waals surface area contributed by atoms with Gasteiger partial charge in [0.05, 0.1) is 29.3 Å². The molecular formula is C32H40N2O5. The second-order valence-corrected chi connectivity index (χ2v) is 11.9. The molecule has 1 aromatic heterocycles. The van der Waals surface area contributed by atoms with Crippen molar-refractivity contribution in [3.63, 3.8) is 0 Å². The Morgan fingerprint density at radius 3 is 2.46 bits per heavy atom. The Hall–Kier alpha value is -3.32. The molecule has 208 valence electrons. The molecule has 1 saturated carbocycles. The lowest BCUT2D eigenvalue weighted by Crippen LogP contribution is -2.37. The summed E-state index contributed by atoms with van der Waals surface area (Å²) in [6.07, 6.45) is 5.76. The molecule has 0 radical (unpaired) electrons. The largest absolute Gasteiger partial charge is 0.496 e. The van der Waals surface area contributed by atoms with Crippen LogP contribution in [0.4, 0.5) is 4.79 Å². The zero-order chi connectivity index (χ0) is 30.4. The number of carbonyl (C=O) groups excluding carboxylic acids is 2. The fraction of sp³-hybridized carbons (Fsp3) is 0.500. The zero-order valence-electron chi connectivity index (χ0n) is 26.5. The van der Waals surface area contributed by atoms with Gasteiger partial charge in [0, 0.05) is 29.7 Å². The lowest BCUT2D eigenvalue weighted by molar-refractivity contribution is 0.0542. The molecule has 2 fully saturated rings. The molecule has 2 heterocycles. The van der Waals surface area contributed by atoms with E-state index < -0.39 is 18.7 Å². The lowest BCUT2D eigenvalue weighted by Gasteiger charge is -2.40. The second-order valence-electron chi connectivity index (χ2n) is 11.9. The van der Waals surface area contributed by atoms with Gasteiger partial charge in [-0.15, -0.1) is 0 Å². The number of benzene rings is 2. The molecule has 2 aromatic carbocycles. The van der Waals surface area contributed by atoms with Crippen LogP contribution in [0.5, 0.6) is 5.75 Å². The number of rotatable bonds is 6. The van der Waals surface area contributed by atoms with Crippen molar-refractivity contribution in [3.8, 4) is 5.75 Å². The van der Waals surface area contributed by atoms with Crippen molar-refractivity contribution in [2.75, 3.05) is 20.7 Å². The van der Waals surface area contributed by atoms with Crippen molar-refractivity contribution in [3.05, 3.63) is 64.8 Å². The number of methoxy groups -OCH3 is 2. The van der Waals surface area contributed by atoms with E-state index in [0.29, 0.717) is 29.1 Å². The third kappa shape index (κ3) is 5.69. The van der Waals surface area contributed by atoms with Crippen molar-refractivity contribution < 1.29 is 27.9 Å². The van der Waals surface area contributed by atoms with Crippen LogP contribution in [-0.2, 0) is 16.0 Å². The fourth-order valence-electron chi connectivity index (χ4n) is 6.02. The first-order valence-electron chi connectivity index (χ1n) is 15.2. The van der Waals surface area contributed by atoms with E-state index in [2.05, 4.69) is 4.90 Å². The zero-order valence-corrected chi connectivity index (χ0v) is 23.5. The van der Waals surface area contributed by atoms with Crippen molar-refractivity contribution >= 4 is 23.0 Å². The molecule has 0 bridgehead atoms. The van der Waals surface area contributed by atoms with E-state index in [9.17, 15) is 9.59 Å². The Labute approximate surface area is 235 Å². The number of ether oxygens (including phenoxy) is 3. The summed E-state index contributed by atoms with van der Waals surface area (Å²) in [5.41, 5.74) is 3.03. The molecule has 0 N–H and O–H groups in total. The molecule has 5 rings (SSSR count). The first-order valence-corrected chi connectivity index (χ1v) is 13.7. The molecule has 7 heteroatoms. The number of piperidine rings is 1. The highest BCUT2D eigenvalue weighted by atomic mass is 16.6. The summed E-state index contributed by atoms with van der Waals surface area (Å²) in [5, 5.41) is 0.754. The van der Waals surface area contributed by atoms with Crippen LogP contribution >= 0.6 is 0 Å². The van der Waals surface area contributed by atoms with Crippen LogP contribution in [0.1, 0.15) is 83.7 Å².